The number of aromatic nitrogens is 1. The SMILES string of the molecule is Cc1cc(CBr)cnc1N(C)C(C)CC(C)C. The molecule has 1 aromatic heterocycles. The average molecular weight is 299 g/mol. The third-order valence-corrected chi connectivity index (χ3v) is 3.72. The lowest BCUT2D eigenvalue weighted by Crippen LogP contribution is -2.31. The van der Waals surface area contributed by atoms with Crippen LogP contribution in [0.3, 0.4) is 0 Å². The van der Waals surface area contributed by atoms with Gasteiger partial charge in [0, 0.05) is 24.6 Å². The lowest BCUT2D eigenvalue weighted by molar-refractivity contribution is 0.501. The molecule has 17 heavy (non-hydrogen) atoms. The molecule has 0 N–H and O–H groups in total. The van der Waals surface area contributed by atoms with Crippen molar-refractivity contribution in [3.8, 4) is 0 Å². The molecular formula is C14H23BrN2. The van der Waals surface area contributed by atoms with Gasteiger partial charge in [0.25, 0.3) is 0 Å². The summed E-state index contributed by atoms with van der Waals surface area (Å²) in [6.45, 7) is 8.92. The van der Waals surface area contributed by atoms with Gasteiger partial charge in [-0.05, 0) is 37.3 Å². The topological polar surface area (TPSA) is 16.1 Å². The number of alkyl halides is 1. The molecule has 1 unspecified atom stereocenters. The Morgan fingerprint density at radius 2 is 2.00 bits per heavy atom. The standard InChI is InChI=1S/C14H23BrN2/c1-10(2)6-12(4)17(5)14-11(3)7-13(8-15)9-16-14/h7,9-10,12H,6,8H2,1-5H3. The maximum atomic E-state index is 4.57. The number of hydrogen-bond donors (Lipinski definition) is 0. The van der Waals surface area contributed by atoms with Crippen LogP contribution in [0.15, 0.2) is 12.3 Å². The van der Waals surface area contributed by atoms with Crippen LogP contribution in [-0.4, -0.2) is 18.1 Å². The molecular weight excluding hydrogens is 276 g/mol. The monoisotopic (exact) mass is 298 g/mol. The minimum absolute atomic E-state index is 0.524. The number of nitrogens with zero attached hydrogens (tertiary/aromatic N) is 2. The molecule has 1 atom stereocenters. The van der Waals surface area contributed by atoms with E-state index in [0.29, 0.717) is 6.04 Å². The number of rotatable bonds is 5. The zero-order valence-electron chi connectivity index (χ0n) is 11.5. The normalized spacial score (nSPS) is 12.9. The Hall–Kier alpha value is -0.570. The fourth-order valence-corrected chi connectivity index (χ4v) is 2.42. The van der Waals surface area contributed by atoms with Crippen LogP contribution in [0.4, 0.5) is 5.82 Å². The molecule has 0 radical (unpaired) electrons. The van der Waals surface area contributed by atoms with Crippen molar-refractivity contribution < 1.29 is 0 Å². The molecule has 0 saturated carbocycles. The maximum Gasteiger partial charge on any atom is 0.131 e. The molecule has 1 heterocycles. The molecule has 0 spiro atoms. The van der Waals surface area contributed by atoms with Gasteiger partial charge in [0.05, 0.1) is 0 Å². The highest BCUT2D eigenvalue weighted by Gasteiger charge is 2.14. The highest BCUT2D eigenvalue weighted by molar-refractivity contribution is 9.08. The predicted octanol–water partition coefficient (Wildman–Crippen LogP) is 4.16. The lowest BCUT2D eigenvalue weighted by Gasteiger charge is -2.28. The van der Waals surface area contributed by atoms with Crippen molar-refractivity contribution in [3.05, 3.63) is 23.4 Å². The Bertz CT molecular complexity index is 363. The zero-order chi connectivity index (χ0) is 13.0. The molecule has 2 nitrogen and oxygen atoms in total. The first-order chi connectivity index (χ1) is 7.95. The molecule has 1 rings (SSSR count). The summed E-state index contributed by atoms with van der Waals surface area (Å²) in [5, 5.41) is 0.867. The van der Waals surface area contributed by atoms with E-state index in [4.69, 9.17) is 0 Å². The highest BCUT2D eigenvalue weighted by atomic mass is 79.9. The van der Waals surface area contributed by atoms with Gasteiger partial charge in [-0.3, -0.25) is 0 Å². The Kier molecular flexibility index (Phi) is 5.44. The molecule has 3 heteroatoms. The Morgan fingerprint density at radius 1 is 1.35 bits per heavy atom. The highest BCUT2D eigenvalue weighted by Crippen LogP contribution is 2.22. The van der Waals surface area contributed by atoms with E-state index < -0.39 is 0 Å². The van der Waals surface area contributed by atoms with Crippen LogP contribution in [0.2, 0.25) is 0 Å². The van der Waals surface area contributed by atoms with Gasteiger partial charge in [0.15, 0.2) is 0 Å². The number of aryl methyl sites for hydroxylation is 1. The van der Waals surface area contributed by atoms with Gasteiger partial charge in [-0.25, -0.2) is 4.98 Å². The first kappa shape index (κ1) is 14.5. The molecule has 1 aromatic rings. The molecule has 96 valence electrons. The summed E-state index contributed by atoms with van der Waals surface area (Å²) in [4.78, 5) is 6.86. The van der Waals surface area contributed by atoms with Crippen molar-refractivity contribution in [2.75, 3.05) is 11.9 Å². The average Bonchev–Trinajstić information content (AvgIpc) is 2.27. The second kappa shape index (κ2) is 6.39. The number of pyridine rings is 1. The van der Waals surface area contributed by atoms with Crippen molar-refractivity contribution in [2.24, 2.45) is 5.92 Å². The van der Waals surface area contributed by atoms with Gasteiger partial charge in [0.1, 0.15) is 5.82 Å². The van der Waals surface area contributed by atoms with E-state index in [1.54, 1.807) is 0 Å². The van der Waals surface area contributed by atoms with Crippen LogP contribution in [0.1, 0.15) is 38.3 Å². The third kappa shape index (κ3) is 3.98. The van der Waals surface area contributed by atoms with Crippen LogP contribution in [0.25, 0.3) is 0 Å². The van der Waals surface area contributed by atoms with Crippen LogP contribution < -0.4 is 4.90 Å². The van der Waals surface area contributed by atoms with E-state index in [1.165, 1.54) is 17.5 Å². The summed E-state index contributed by atoms with van der Waals surface area (Å²) in [5.74, 6) is 1.82. The van der Waals surface area contributed by atoms with Crippen LogP contribution in [0, 0.1) is 12.8 Å². The van der Waals surface area contributed by atoms with E-state index in [2.05, 4.69) is 66.6 Å². The second-order valence-corrected chi connectivity index (χ2v) is 5.77. The second-order valence-electron chi connectivity index (χ2n) is 5.21. The number of hydrogen-bond acceptors (Lipinski definition) is 2. The molecule has 0 aromatic carbocycles. The Labute approximate surface area is 114 Å². The smallest absolute Gasteiger partial charge is 0.131 e. The van der Waals surface area contributed by atoms with E-state index in [9.17, 15) is 0 Å². The lowest BCUT2D eigenvalue weighted by atomic mass is 10.0. The zero-order valence-corrected chi connectivity index (χ0v) is 13.1. The quantitative estimate of drug-likeness (QED) is 0.759. The molecule has 0 fully saturated rings. The Morgan fingerprint density at radius 3 is 2.47 bits per heavy atom. The molecule has 0 bridgehead atoms. The molecule has 0 aliphatic heterocycles. The summed E-state index contributed by atoms with van der Waals surface area (Å²) >= 11 is 3.46. The van der Waals surface area contributed by atoms with Crippen molar-refractivity contribution in [3.63, 3.8) is 0 Å². The van der Waals surface area contributed by atoms with Crippen molar-refractivity contribution in [2.45, 2.75) is 45.5 Å². The van der Waals surface area contributed by atoms with Gasteiger partial charge in [0.2, 0.25) is 0 Å². The fourth-order valence-electron chi connectivity index (χ4n) is 2.12. The van der Waals surface area contributed by atoms with Crippen molar-refractivity contribution >= 4 is 21.7 Å². The van der Waals surface area contributed by atoms with Gasteiger partial charge < -0.3 is 4.90 Å². The Balaban J connectivity index is 2.84. The summed E-state index contributed by atoms with van der Waals surface area (Å²) in [7, 11) is 2.14. The minimum atomic E-state index is 0.524. The van der Waals surface area contributed by atoms with Gasteiger partial charge >= 0.3 is 0 Å². The van der Waals surface area contributed by atoms with Gasteiger partial charge in [-0.2, -0.15) is 0 Å². The van der Waals surface area contributed by atoms with Crippen molar-refractivity contribution in [1.29, 1.82) is 0 Å². The summed E-state index contributed by atoms with van der Waals surface area (Å²) in [6, 6.07) is 2.73. The van der Waals surface area contributed by atoms with E-state index in [-0.39, 0.29) is 0 Å². The molecule has 0 aliphatic rings. The molecule has 0 aliphatic carbocycles. The third-order valence-electron chi connectivity index (χ3n) is 3.07. The largest absolute Gasteiger partial charge is 0.357 e. The van der Waals surface area contributed by atoms with E-state index in [1.807, 2.05) is 6.20 Å². The van der Waals surface area contributed by atoms with Gasteiger partial charge in [-0.15, -0.1) is 0 Å². The van der Waals surface area contributed by atoms with Crippen LogP contribution >= 0.6 is 15.9 Å². The summed E-state index contributed by atoms with van der Waals surface area (Å²) in [5.41, 5.74) is 2.48. The first-order valence-electron chi connectivity index (χ1n) is 6.20. The fraction of sp³-hybridized carbons (Fsp3) is 0.643. The van der Waals surface area contributed by atoms with Crippen molar-refractivity contribution in [1.82, 2.24) is 4.98 Å². The van der Waals surface area contributed by atoms with E-state index in [0.717, 1.165) is 17.1 Å². The first-order valence-corrected chi connectivity index (χ1v) is 7.32. The maximum absolute atomic E-state index is 4.57. The summed E-state index contributed by atoms with van der Waals surface area (Å²) < 4.78 is 0. The van der Waals surface area contributed by atoms with E-state index >= 15 is 0 Å². The minimum Gasteiger partial charge on any atom is -0.357 e. The predicted molar refractivity (Wildman–Crippen MR) is 78.9 cm³/mol. The molecule has 0 saturated heterocycles. The summed E-state index contributed by atoms with van der Waals surface area (Å²) in [6.07, 6.45) is 3.15. The molecule has 0 amide bonds. The number of anilines is 1. The van der Waals surface area contributed by atoms with Gasteiger partial charge in [-0.1, -0.05) is 35.8 Å². The van der Waals surface area contributed by atoms with Crippen LogP contribution in [-0.2, 0) is 5.33 Å². The van der Waals surface area contributed by atoms with Crippen LogP contribution in [0.5, 0.6) is 0 Å². The number of halogens is 1.